The van der Waals surface area contributed by atoms with E-state index in [-0.39, 0.29) is 12.1 Å². The van der Waals surface area contributed by atoms with Crippen LogP contribution < -0.4 is 10.2 Å². The summed E-state index contributed by atoms with van der Waals surface area (Å²) in [6, 6.07) is 1.92. The zero-order chi connectivity index (χ0) is 17.1. The van der Waals surface area contributed by atoms with E-state index in [0.29, 0.717) is 6.54 Å². The van der Waals surface area contributed by atoms with Gasteiger partial charge in [-0.2, -0.15) is 0 Å². The summed E-state index contributed by atoms with van der Waals surface area (Å²) in [6.45, 7) is 9.09. The van der Waals surface area contributed by atoms with E-state index in [1.807, 2.05) is 43.3 Å². The van der Waals surface area contributed by atoms with E-state index < -0.39 is 0 Å². The summed E-state index contributed by atoms with van der Waals surface area (Å²) in [4.78, 5) is 21.1. The number of anilines is 1. The third-order valence-corrected chi connectivity index (χ3v) is 5.19. The Morgan fingerprint density at radius 1 is 1.33 bits per heavy atom. The summed E-state index contributed by atoms with van der Waals surface area (Å²) in [5.41, 5.74) is 1.04. The number of nitrogens with zero attached hydrogens (tertiary/aromatic N) is 3. The molecular formula is C17H24N4O2S. The number of thiazole rings is 1. The lowest BCUT2D eigenvalue weighted by atomic mass is 10.1. The summed E-state index contributed by atoms with van der Waals surface area (Å²) >= 11 is 1.65. The van der Waals surface area contributed by atoms with Gasteiger partial charge in [-0.3, -0.25) is 0 Å². The molecule has 1 saturated heterocycles. The molecule has 7 heteroatoms. The Bertz CT molecular complexity index is 683. The van der Waals surface area contributed by atoms with E-state index >= 15 is 0 Å². The van der Waals surface area contributed by atoms with Crippen molar-refractivity contribution in [3.05, 3.63) is 34.7 Å². The highest BCUT2D eigenvalue weighted by Crippen LogP contribution is 2.22. The molecule has 1 fully saturated rings. The van der Waals surface area contributed by atoms with Crippen molar-refractivity contribution in [3.63, 3.8) is 0 Å². The van der Waals surface area contributed by atoms with Gasteiger partial charge < -0.3 is 19.5 Å². The van der Waals surface area contributed by atoms with Crippen molar-refractivity contribution in [2.24, 2.45) is 0 Å². The quantitative estimate of drug-likeness (QED) is 0.924. The third-order valence-electron chi connectivity index (χ3n) is 4.36. The zero-order valence-corrected chi connectivity index (χ0v) is 15.2. The summed E-state index contributed by atoms with van der Waals surface area (Å²) < 4.78 is 5.56. The average molecular weight is 348 g/mol. The van der Waals surface area contributed by atoms with E-state index in [2.05, 4.69) is 15.2 Å². The van der Waals surface area contributed by atoms with Crippen LogP contribution in [0.3, 0.4) is 0 Å². The first-order valence-electron chi connectivity index (χ1n) is 8.31. The van der Waals surface area contributed by atoms with Gasteiger partial charge in [-0.25, -0.2) is 9.78 Å². The van der Waals surface area contributed by atoms with Gasteiger partial charge >= 0.3 is 6.03 Å². The van der Waals surface area contributed by atoms with Crippen LogP contribution in [0.25, 0.3) is 0 Å². The molecule has 2 aromatic rings. The fraction of sp³-hybridized carbons (Fsp3) is 0.529. The van der Waals surface area contributed by atoms with Crippen LogP contribution in [0.2, 0.25) is 0 Å². The number of carbonyl (C=O) groups is 1. The number of urea groups is 1. The molecule has 0 aromatic carbocycles. The largest absolute Gasteiger partial charge is 0.466 e. The van der Waals surface area contributed by atoms with Crippen molar-refractivity contribution in [1.82, 2.24) is 15.2 Å². The fourth-order valence-electron chi connectivity index (χ4n) is 3.12. The second-order valence-electron chi connectivity index (χ2n) is 6.18. The first-order chi connectivity index (χ1) is 11.5. The molecule has 1 aliphatic heterocycles. The Hall–Kier alpha value is -2.02. The van der Waals surface area contributed by atoms with Crippen LogP contribution in [0, 0.1) is 13.8 Å². The average Bonchev–Trinajstić information content (AvgIpc) is 3.11. The lowest BCUT2D eigenvalue weighted by Gasteiger charge is -2.24. The van der Waals surface area contributed by atoms with E-state index in [1.165, 1.54) is 0 Å². The number of amides is 2. The Labute approximate surface area is 146 Å². The molecule has 0 radical (unpaired) electrons. The molecule has 2 aromatic heterocycles. The summed E-state index contributed by atoms with van der Waals surface area (Å²) in [5.74, 6) is 1.74. The molecule has 6 nitrogen and oxygen atoms in total. The topological polar surface area (TPSA) is 61.6 Å². The molecule has 0 bridgehead atoms. The molecule has 1 aliphatic rings. The normalized spacial score (nSPS) is 16.8. The highest BCUT2D eigenvalue weighted by Gasteiger charge is 2.22. The van der Waals surface area contributed by atoms with Crippen LogP contribution in [0.5, 0.6) is 0 Å². The van der Waals surface area contributed by atoms with Gasteiger partial charge in [-0.1, -0.05) is 0 Å². The van der Waals surface area contributed by atoms with E-state index in [4.69, 9.17) is 4.42 Å². The zero-order valence-electron chi connectivity index (χ0n) is 14.4. The van der Waals surface area contributed by atoms with E-state index in [9.17, 15) is 4.79 Å². The number of hydrogen-bond acceptors (Lipinski definition) is 5. The van der Waals surface area contributed by atoms with Crippen molar-refractivity contribution in [3.8, 4) is 0 Å². The van der Waals surface area contributed by atoms with Gasteiger partial charge in [-0.15, -0.1) is 11.3 Å². The standard InChI is InChI=1S/C17H24N4O2S/c1-12-11-15(14(3)23-12)13(2)19-16(22)20-6-4-7-21(9-8-20)17-18-5-10-24-17/h5,10-11,13H,4,6-9H2,1-3H3,(H,19,22). The summed E-state index contributed by atoms with van der Waals surface area (Å²) in [5, 5.41) is 6.12. The molecule has 1 N–H and O–H groups in total. The summed E-state index contributed by atoms with van der Waals surface area (Å²) in [6.07, 6.45) is 2.78. The van der Waals surface area contributed by atoms with Crippen molar-refractivity contribution >= 4 is 22.5 Å². The maximum atomic E-state index is 12.6. The molecule has 2 amide bonds. The van der Waals surface area contributed by atoms with Gasteiger partial charge in [0.2, 0.25) is 0 Å². The van der Waals surface area contributed by atoms with Crippen molar-refractivity contribution in [2.75, 3.05) is 31.1 Å². The lowest BCUT2D eigenvalue weighted by molar-refractivity contribution is 0.198. The molecular weight excluding hydrogens is 324 g/mol. The molecule has 130 valence electrons. The van der Waals surface area contributed by atoms with E-state index in [1.54, 1.807) is 11.3 Å². The van der Waals surface area contributed by atoms with Gasteiger partial charge in [0.25, 0.3) is 0 Å². The molecule has 3 heterocycles. The predicted molar refractivity (Wildman–Crippen MR) is 95.6 cm³/mol. The van der Waals surface area contributed by atoms with Gasteiger partial charge in [0.15, 0.2) is 5.13 Å². The van der Waals surface area contributed by atoms with Crippen LogP contribution in [-0.4, -0.2) is 42.1 Å². The minimum Gasteiger partial charge on any atom is -0.466 e. The highest BCUT2D eigenvalue weighted by atomic mass is 32.1. The number of rotatable bonds is 3. The van der Waals surface area contributed by atoms with Gasteiger partial charge in [0.1, 0.15) is 11.5 Å². The second-order valence-corrected chi connectivity index (χ2v) is 7.06. The number of furan rings is 1. The number of carbonyl (C=O) groups excluding carboxylic acids is 1. The molecule has 0 saturated carbocycles. The van der Waals surface area contributed by atoms with Gasteiger partial charge in [-0.05, 0) is 33.3 Å². The van der Waals surface area contributed by atoms with Crippen LogP contribution in [-0.2, 0) is 0 Å². The number of aromatic nitrogens is 1. The van der Waals surface area contributed by atoms with Gasteiger partial charge in [0.05, 0.1) is 6.04 Å². The minimum atomic E-state index is -0.0618. The number of nitrogens with one attached hydrogen (secondary N) is 1. The van der Waals surface area contributed by atoms with Crippen molar-refractivity contribution in [1.29, 1.82) is 0 Å². The molecule has 3 rings (SSSR count). The first-order valence-corrected chi connectivity index (χ1v) is 9.19. The third kappa shape index (κ3) is 3.72. The Kier molecular flexibility index (Phi) is 5.08. The predicted octanol–water partition coefficient (Wildman–Crippen LogP) is 3.34. The maximum Gasteiger partial charge on any atom is 0.317 e. The molecule has 0 spiro atoms. The Morgan fingerprint density at radius 3 is 2.83 bits per heavy atom. The maximum absolute atomic E-state index is 12.6. The first kappa shape index (κ1) is 16.8. The van der Waals surface area contributed by atoms with Crippen LogP contribution in [0.4, 0.5) is 9.93 Å². The smallest absolute Gasteiger partial charge is 0.317 e. The van der Waals surface area contributed by atoms with Crippen LogP contribution >= 0.6 is 11.3 Å². The SMILES string of the molecule is Cc1cc(C(C)NC(=O)N2CCCN(c3nccs3)CC2)c(C)o1. The second kappa shape index (κ2) is 7.25. The number of aryl methyl sites for hydroxylation is 2. The molecule has 24 heavy (non-hydrogen) atoms. The Morgan fingerprint density at radius 2 is 2.17 bits per heavy atom. The van der Waals surface area contributed by atoms with Crippen LogP contribution in [0.15, 0.2) is 22.1 Å². The minimum absolute atomic E-state index is 0.0123. The summed E-state index contributed by atoms with van der Waals surface area (Å²) in [7, 11) is 0. The van der Waals surface area contributed by atoms with Gasteiger partial charge in [0, 0.05) is 43.3 Å². The lowest BCUT2D eigenvalue weighted by Crippen LogP contribution is -2.43. The fourth-order valence-corrected chi connectivity index (χ4v) is 3.82. The monoisotopic (exact) mass is 348 g/mol. The Balaban J connectivity index is 1.58. The molecule has 0 aliphatic carbocycles. The van der Waals surface area contributed by atoms with Crippen molar-refractivity contribution in [2.45, 2.75) is 33.2 Å². The van der Waals surface area contributed by atoms with Crippen molar-refractivity contribution < 1.29 is 9.21 Å². The van der Waals surface area contributed by atoms with E-state index in [0.717, 1.165) is 48.3 Å². The number of hydrogen-bond donors (Lipinski definition) is 1. The molecule has 1 unspecified atom stereocenters. The highest BCUT2D eigenvalue weighted by molar-refractivity contribution is 7.13. The van der Waals surface area contributed by atoms with Crippen LogP contribution in [0.1, 0.15) is 36.5 Å². The molecule has 1 atom stereocenters.